The molecule has 0 aliphatic rings. The summed E-state index contributed by atoms with van der Waals surface area (Å²) in [5.41, 5.74) is 1.15. The van der Waals surface area contributed by atoms with E-state index in [4.69, 9.17) is 0 Å². The van der Waals surface area contributed by atoms with Crippen LogP contribution in [0.4, 0.5) is 0 Å². The number of aliphatic imine (C=N–C) groups is 1. The first-order valence-electron chi connectivity index (χ1n) is 8.33. The van der Waals surface area contributed by atoms with E-state index < -0.39 is 0 Å². The van der Waals surface area contributed by atoms with Crippen LogP contribution in [0.5, 0.6) is 0 Å². The van der Waals surface area contributed by atoms with Crippen molar-refractivity contribution in [2.24, 2.45) is 10.9 Å². The number of hydrogen-bond donors (Lipinski definition) is 2. The van der Waals surface area contributed by atoms with Crippen LogP contribution in [0.15, 0.2) is 35.3 Å². The smallest absolute Gasteiger partial charge is 0.241 e. The number of carbonyl (C=O) groups excluding carboxylic acids is 1. The highest BCUT2D eigenvalue weighted by Crippen LogP contribution is 2.05. The third-order valence-corrected chi connectivity index (χ3v) is 3.88. The van der Waals surface area contributed by atoms with Gasteiger partial charge in [0.2, 0.25) is 5.91 Å². The number of hydrogen-bond acceptors (Lipinski definition) is 2. The van der Waals surface area contributed by atoms with Gasteiger partial charge in [-0.1, -0.05) is 57.0 Å². The van der Waals surface area contributed by atoms with Gasteiger partial charge in [0.1, 0.15) is 0 Å². The van der Waals surface area contributed by atoms with Crippen molar-refractivity contribution in [2.45, 2.75) is 33.2 Å². The standard InChI is InChI=1S/C18H30N4O.HI/c1-5-15(6-2)12-19-18(21-14-17(23)22(3)4)20-13-16-10-8-7-9-11-16;/h7-11,15H,5-6,12-14H2,1-4H3,(H2,19,20,21);1H. The number of guanidine groups is 1. The molecule has 0 atom stereocenters. The first-order valence-corrected chi connectivity index (χ1v) is 8.33. The lowest BCUT2D eigenvalue weighted by molar-refractivity contribution is -0.127. The van der Waals surface area contributed by atoms with Gasteiger partial charge in [0, 0.05) is 20.6 Å². The minimum absolute atomic E-state index is 0. The topological polar surface area (TPSA) is 56.7 Å². The highest BCUT2D eigenvalue weighted by Gasteiger charge is 2.08. The third-order valence-electron chi connectivity index (χ3n) is 3.88. The fourth-order valence-electron chi connectivity index (χ4n) is 2.06. The Morgan fingerprint density at radius 3 is 2.29 bits per heavy atom. The summed E-state index contributed by atoms with van der Waals surface area (Å²) in [4.78, 5) is 17.9. The molecule has 1 amide bonds. The van der Waals surface area contributed by atoms with Crippen molar-refractivity contribution >= 4 is 35.8 Å². The van der Waals surface area contributed by atoms with Gasteiger partial charge in [0.25, 0.3) is 0 Å². The fraction of sp³-hybridized carbons (Fsp3) is 0.556. The molecule has 0 heterocycles. The molecule has 0 unspecified atom stereocenters. The van der Waals surface area contributed by atoms with E-state index in [1.807, 2.05) is 30.3 Å². The van der Waals surface area contributed by atoms with Crippen molar-refractivity contribution < 1.29 is 4.79 Å². The number of halogens is 1. The number of rotatable bonds is 8. The molecule has 136 valence electrons. The van der Waals surface area contributed by atoms with E-state index >= 15 is 0 Å². The molecule has 0 bridgehead atoms. The van der Waals surface area contributed by atoms with Crippen molar-refractivity contribution in [2.75, 3.05) is 27.2 Å². The Balaban J connectivity index is 0.00000529. The minimum Gasteiger partial charge on any atom is -0.356 e. The molecule has 2 N–H and O–H groups in total. The second-order valence-corrected chi connectivity index (χ2v) is 5.86. The van der Waals surface area contributed by atoms with E-state index in [-0.39, 0.29) is 36.4 Å². The van der Waals surface area contributed by atoms with Crippen molar-refractivity contribution in [1.29, 1.82) is 0 Å². The molecular formula is C18H31IN4O. The predicted octanol–water partition coefficient (Wildman–Crippen LogP) is 2.86. The molecule has 1 aromatic rings. The zero-order chi connectivity index (χ0) is 17.1. The number of amides is 1. The summed E-state index contributed by atoms with van der Waals surface area (Å²) in [5, 5.41) is 6.48. The molecule has 0 aromatic heterocycles. The van der Waals surface area contributed by atoms with E-state index in [0.717, 1.165) is 24.9 Å². The summed E-state index contributed by atoms with van der Waals surface area (Å²) in [5.74, 6) is 1.33. The maximum Gasteiger partial charge on any atom is 0.241 e. The Hall–Kier alpha value is -1.31. The molecular weight excluding hydrogens is 415 g/mol. The summed E-state index contributed by atoms with van der Waals surface area (Å²) >= 11 is 0. The first kappa shape index (κ1) is 22.7. The summed E-state index contributed by atoms with van der Waals surface area (Å²) in [6.07, 6.45) is 2.26. The Labute approximate surface area is 163 Å². The van der Waals surface area contributed by atoms with Gasteiger partial charge in [0.15, 0.2) is 5.96 Å². The second-order valence-electron chi connectivity index (χ2n) is 5.86. The van der Waals surface area contributed by atoms with Crippen LogP contribution in [-0.2, 0) is 11.3 Å². The van der Waals surface area contributed by atoms with Crippen molar-refractivity contribution in [3.05, 3.63) is 35.9 Å². The minimum atomic E-state index is 0. The van der Waals surface area contributed by atoms with Crippen molar-refractivity contribution in [1.82, 2.24) is 15.5 Å². The predicted molar refractivity (Wildman–Crippen MR) is 112 cm³/mol. The van der Waals surface area contributed by atoms with E-state index in [1.54, 1.807) is 19.0 Å². The van der Waals surface area contributed by atoms with Gasteiger partial charge in [-0.3, -0.25) is 4.79 Å². The van der Waals surface area contributed by atoms with Gasteiger partial charge >= 0.3 is 0 Å². The monoisotopic (exact) mass is 446 g/mol. The fourth-order valence-corrected chi connectivity index (χ4v) is 2.06. The number of nitrogens with one attached hydrogen (secondary N) is 2. The van der Waals surface area contributed by atoms with Crippen molar-refractivity contribution in [3.63, 3.8) is 0 Å². The van der Waals surface area contributed by atoms with Crippen LogP contribution < -0.4 is 10.6 Å². The molecule has 0 aliphatic heterocycles. The zero-order valence-corrected chi connectivity index (χ0v) is 17.5. The Kier molecular flexibility index (Phi) is 12.3. The summed E-state index contributed by atoms with van der Waals surface area (Å²) < 4.78 is 0. The quantitative estimate of drug-likeness (QED) is 0.367. The van der Waals surface area contributed by atoms with Gasteiger partial charge in [-0.05, 0) is 11.5 Å². The molecule has 0 fully saturated rings. The van der Waals surface area contributed by atoms with Crippen LogP contribution in [0.1, 0.15) is 32.3 Å². The molecule has 6 heteroatoms. The average Bonchev–Trinajstić information content (AvgIpc) is 2.57. The maximum absolute atomic E-state index is 11.8. The van der Waals surface area contributed by atoms with Gasteiger partial charge in [0.05, 0.1) is 13.1 Å². The summed E-state index contributed by atoms with van der Waals surface area (Å²) in [7, 11) is 3.50. The van der Waals surface area contributed by atoms with Crippen LogP contribution in [-0.4, -0.2) is 44.0 Å². The Bertz CT molecular complexity index is 487. The van der Waals surface area contributed by atoms with E-state index in [0.29, 0.717) is 18.4 Å². The molecule has 1 rings (SSSR count). The lowest BCUT2D eigenvalue weighted by atomic mass is 10.0. The molecule has 0 spiro atoms. The number of benzene rings is 1. The van der Waals surface area contributed by atoms with Crippen LogP contribution in [0, 0.1) is 5.92 Å². The Morgan fingerprint density at radius 1 is 1.12 bits per heavy atom. The molecule has 0 radical (unpaired) electrons. The second kappa shape index (κ2) is 13.0. The Morgan fingerprint density at radius 2 is 1.75 bits per heavy atom. The van der Waals surface area contributed by atoms with E-state index in [9.17, 15) is 4.79 Å². The lowest BCUT2D eigenvalue weighted by Crippen LogP contribution is -2.44. The summed E-state index contributed by atoms with van der Waals surface area (Å²) in [6.45, 7) is 6.09. The van der Waals surface area contributed by atoms with Crippen LogP contribution in [0.25, 0.3) is 0 Å². The van der Waals surface area contributed by atoms with Gasteiger partial charge in [-0.2, -0.15) is 0 Å². The van der Waals surface area contributed by atoms with Crippen molar-refractivity contribution in [3.8, 4) is 0 Å². The lowest BCUT2D eigenvalue weighted by Gasteiger charge is -2.18. The molecule has 0 saturated carbocycles. The first-order chi connectivity index (χ1) is 11.1. The highest BCUT2D eigenvalue weighted by molar-refractivity contribution is 14.0. The number of likely N-dealkylation sites (N-methyl/N-ethyl adjacent to an activating group) is 1. The van der Waals surface area contributed by atoms with Crippen LogP contribution in [0.3, 0.4) is 0 Å². The van der Waals surface area contributed by atoms with Crippen LogP contribution in [0.2, 0.25) is 0 Å². The van der Waals surface area contributed by atoms with Crippen LogP contribution >= 0.6 is 24.0 Å². The number of carbonyl (C=O) groups is 1. The normalized spacial score (nSPS) is 11.0. The molecule has 0 aliphatic carbocycles. The van der Waals surface area contributed by atoms with E-state index in [2.05, 4.69) is 29.5 Å². The van der Waals surface area contributed by atoms with E-state index in [1.165, 1.54) is 0 Å². The number of nitrogens with zero attached hydrogens (tertiary/aromatic N) is 2. The SMILES string of the molecule is CCC(CC)CNC(=NCc1ccccc1)NCC(=O)N(C)C.I. The average molecular weight is 446 g/mol. The molecule has 24 heavy (non-hydrogen) atoms. The zero-order valence-electron chi connectivity index (χ0n) is 15.2. The highest BCUT2D eigenvalue weighted by atomic mass is 127. The molecule has 0 saturated heterocycles. The van der Waals surface area contributed by atoms with Gasteiger partial charge in [-0.15, -0.1) is 24.0 Å². The molecule has 1 aromatic carbocycles. The third kappa shape index (κ3) is 9.10. The largest absolute Gasteiger partial charge is 0.356 e. The van der Waals surface area contributed by atoms with Gasteiger partial charge < -0.3 is 15.5 Å². The summed E-state index contributed by atoms with van der Waals surface area (Å²) in [6, 6.07) is 10.1. The van der Waals surface area contributed by atoms with Gasteiger partial charge in [-0.25, -0.2) is 4.99 Å². The maximum atomic E-state index is 11.8. The molecule has 5 nitrogen and oxygen atoms in total.